The van der Waals surface area contributed by atoms with Crippen LogP contribution in [0.15, 0.2) is 22.8 Å². The molecule has 0 unspecified atom stereocenters. The SMILES string of the molecule is CCCC1CCC(C(=O)Cc2ccco2)CC1. The molecule has 0 N–H and O–H groups in total. The summed E-state index contributed by atoms with van der Waals surface area (Å²) >= 11 is 0. The summed E-state index contributed by atoms with van der Waals surface area (Å²) in [5.74, 6) is 2.33. The molecule has 1 heterocycles. The second kappa shape index (κ2) is 6.04. The smallest absolute Gasteiger partial charge is 0.143 e. The van der Waals surface area contributed by atoms with Crippen LogP contribution < -0.4 is 0 Å². The molecule has 17 heavy (non-hydrogen) atoms. The van der Waals surface area contributed by atoms with Crippen LogP contribution in [-0.2, 0) is 11.2 Å². The minimum Gasteiger partial charge on any atom is -0.469 e. The number of furan rings is 1. The van der Waals surface area contributed by atoms with Gasteiger partial charge in [-0.3, -0.25) is 4.79 Å². The average Bonchev–Trinajstić information content (AvgIpc) is 2.83. The topological polar surface area (TPSA) is 30.2 Å². The molecule has 1 aromatic heterocycles. The third-order valence-electron chi connectivity index (χ3n) is 3.93. The van der Waals surface area contributed by atoms with Crippen molar-refractivity contribution in [1.82, 2.24) is 0 Å². The number of rotatable bonds is 5. The lowest BCUT2D eigenvalue weighted by molar-refractivity contribution is -0.123. The summed E-state index contributed by atoms with van der Waals surface area (Å²) in [6.45, 7) is 2.24. The summed E-state index contributed by atoms with van der Waals surface area (Å²) in [5, 5.41) is 0. The molecule has 94 valence electrons. The Labute approximate surface area is 103 Å². The fraction of sp³-hybridized carbons (Fsp3) is 0.667. The van der Waals surface area contributed by atoms with E-state index in [0.717, 1.165) is 24.5 Å². The van der Waals surface area contributed by atoms with E-state index in [-0.39, 0.29) is 5.92 Å². The van der Waals surface area contributed by atoms with Crippen LogP contribution in [0.25, 0.3) is 0 Å². The van der Waals surface area contributed by atoms with E-state index >= 15 is 0 Å². The molecule has 0 aromatic carbocycles. The van der Waals surface area contributed by atoms with Gasteiger partial charge in [0.1, 0.15) is 11.5 Å². The van der Waals surface area contributed by atoms with Crippen molar-refractivity contribution in [3.05, 3.63) is 24.2 Å². The Balaban J connectivity index is 1.78. The Morgan fingerprint density at radius 3 is 2.71 bits per heavy atom. The normalized spacial score (nSPS) is 24.8. The predicted octanol–water partition coefficient (Wildman–Crippen LogP) is 4.00. The molecule has 1 aliphatic rings. The zero-order valence-electron chi connectivity index (χ0n) is 10.7. The largest absolute Gasteiger partial charge is 0.469 e. The number of carbonyl (C=O) groups is 1. The Bertz CT molecular complexity index is 332. The molecule has 0 atom stereocenters. The first kappa shape index (κ1) is 12.4. The highest BCUT2D eigenvalue weighted by Gasteiger charge is 2.26. The average molecular weight is 234 g/mol. The zero-order valence-corrected chi connectivity index (χ0v) is 10.7. The maximum Gasteiger partial charge on any atom is 0.143 e. The van der Waals surface area contributed by atoms with Crippen molar-refractivity contribution < 1.29 is 9.21 Å². The highest BCUT2D eigenvalue weighted by Crippen LogP contribution is 2.32. The van der Waals surface area contributed by atoms with Crippen LogP contribution >= 0.6 is 0 Å². The van der Waals surface area contributed by atoms with Crippen molar-refractivity contribution in [1.29, 1.82) is 0 Å². The monoisotopic (exact) mass is 234 g/mol. The third-order valence-corrected chi connectivity index (χ3v) is 3.93. The molecule has 1 fully saturated rings. The van der Waals surface area contributed by atoms with Crippen LogP contribution in [0.3, 0.4) is 0 Å². The first-order valence-electron chi connectivity index (χ1n) is 6.84. The minimum absolute atomic E-state index is 0.285. The van der Waals surface area contributed by atoms with Gasteiger partial charge in [0.25, 0.3) is 0 Å². The van der Waals surface area contributed by atoms with Crippen LogP contribution in [0.5, 0.6) is 0 Å². The highest BCUT2D eigenvalue weighted by molar-refractivity contribution is 5.82. The van der Waals surface area contributed by atoms with Gasteiger partial charge in [0, 0.05) is 5.92 Å². The van der Waals surface area contributed by atoms with E-state index in [1.54, 1.807) is 6.26 Å². The number of Topliss-reactive ketones (excluding diaryl/α,β-unsaturated/α-hetero) is 1. The van der Waals surface area contributed by atoms with Crippen LogP contribution in [0, 0.1) is 11.8 Å². The van der Waals surface area contributed by atoms with Crippen LogP contribution in [-0.4, -0.2) is 5.78 Å². The molecule has 2 rings (SSSR count). The highest BCUT2D eigenvalue weighted by atomic mass is 16.3. The van der Waals surface area contributed by atoms with E-state index in [9.17, 15) is 4.79 Å². The van der Waals surface area contributed by atoms with Gasteiger partial charge in [-0.15, -0.1) is 0 Å². The second-order valence-corrected chi connectivity index (χ2v) is 5.23. The molecule has 2 heteroatoms. The van der Waals surface area contributed by atoms with Crippen molar-refractivity contribution in [3.8, 4) is 0 Å². The molecule has 0 aliphatic heterocycles. The molecular formula is C15H22O2. The molecular weight excluding hydrogens is 212 g/mol. The molecule has 1 aromatic rings. The maximum absolute atomic E-state index is 12.1. The standard InChI is InChI=1S/C15H22O2/c1-2-4-12-6-8-13(9-7-12)15(16)11-14-5-3-10-17-14/h3,5,10,12-13H,2,4,6-9,11H2,1H3. The van der Waals surface area contributed by atoms with Gasteiger partial charge in [-0.05, 0) is 43.7 Å². The van der Waals surface area contributed by atoms with E-state index in [1.165, 1.54) is 25.7 Å². The van der Waals surface area contributed by atoms with Gasteiger partial charge in [-0.25, -0.2) is 0 Å². The lowest BCUT2D eigenvalue weighted by Gasteiger charge is -2.27. The maximum atomic E-state index is 12.1. The van der Waals surface area contributed by atoms with Gasteiger partial charge in [0.05, 0.1) is 12.7 Å². The summed E-state index contributed by atoms with van der Waals surface area (Å²) in [6, 6.07) is 3.74. The molecule has 0 amide bonds. The Morgan fingerprint density at radius 2 is 2.12 bits per heavy atom. The van der Waals surface area contributed by atoms with Crippen molar-refractivity contribution in [2.24, 2.45) is 11.8 Å². The Hall–Kier alpha value is -1.05. The Morgan fingerprint density at radius 1 is 1.35 bits per heavy atom. The molecule has 1 saturated carbocycles. The fourth-order valence-electron chi connectivity index (χ4n) is 2.91. The van der Waals surface area contributed by atoms with E-state index < -0.39 is 0 Å². The Kier molecular flexibility index (Phi) is 4.41. The number of hydrogen-bond acceptors (Lipinski definition) is 2. The third kappa shape index (κ3) is 3.45. The molecule has 1 aliphatic carbocycles. The quantitative estimate of drug-likeness (QED) is 0.771. The summed E-state index contributed by atoms with van der Waals surface area (Å²) < 4.78 is 5.23. The zero-order chi connectivity index (χ0) is 12.1. The van der Waals surface area contributed by atoms with Crippen molar-refractivity contribution in [2.45, 2.75) is 51.9 Å². The van der Waals surface area contributed by atoms with Crippen LogP contribution in [0.4, 0.5) is 0 Å². The van der Waals surface area contributed by atoms with Crippen molar-refractivity contribution in [3.63, 3.8) is 0 Å². The molecule has 0 radical (unpaired) electrons. The van der Waals surface area contributed by atoms with Gasteiger partial charge in [-0.1, -0.05) is 19.8 Å². The number of hydrogen-bond donors (Lipinski definition) is 0. The van der Waals surface area contributed by atoms with Crippen LogP contribution in [0.2, 0.25) is 0 Å². The van der Waals surface area contributed by atoms with Crippen molar-refractivity contribution >= 4 is 5.78 Å². The minimum atomic E-state index is 0.285. The second-order valence-electron chi connectivity index (χ2n) is 5.23. The fourth-order valence-corrected chi connectivity index (χ4v) is 2.91. The molecule has 0 bridgehead atoms. The van der Waals surface area contributed by atoms with E-state index in [2.05, 4.69) is 6.92 Å². The lowest BCUT2D eigenvalue weighted by atomic mass is 9.78. The summed E-state index contributed by atoms with van der Waals surface area (Å²) in [5.41, 5.74) is 0. The lowest BCUT2D eigenvalue weighted by Crippen LogP contribution is -2.23. The number of carbonyl (C=O) groups excluding carboxylic acids is 1. The van der Waals surface area contributed by atoms with Crippen molar-refractivity contribution in [2.75, 3.05) is 0 Å². The summed E-state index contributed by atoms with van der Waals surface area (Å²) in [6.07, 6.45) is 9.38. The van der Waals surface area contributed by atoms with Crippen LogP contribution in [0.1, 0.15) is 51.2 Å². The first-order valence-corrected chi connectivity index (χ1v) is 6.84. The molecule has 0 saturated heterocycles. The van der Waals surface area contributed by atoms with Gasteiger partial charge < -0.3 is 4.42 Å². The van der Waals surface area contributed by atoms with Gasteiger partial charge in [0.15, 0.2) is 0 Å². The van der Waals surface area contributed by atoms with E-state index in [0.29, 0.717) is 12.2 Å². The number of ketones is 1. The molecule has 0 spiro atoms. The van der Waals surface area contributed by atoms with E-state index in [4.69, 9.17) is 4.42 Å². The van der Waals surface area contributed by atoms with E-state index in [1.807, 2.05) is 12.1 Å². The summed E-state index contributed by atoms with van der Waals surface area (Å²) in [4.78, 5) is 12.1. The first-order chi connectivity index (χ1) is 8.29. The van der Waals surface area contributed by atoms with Gasteiger partial charge >= 0.3 is 0 Å². The predicted molar refractivity (Wildman–Crippen MR) is 67.8 cm³/mol. The molecule has 2 nitrogen and oxygen atoms in total. The summed E-state index contributed by atoms with van der Waals surface area (Å²) in [7, 11) is 0. The van der Waals surface area contributed by atoms with Gasteiger partial charge in [0.2, 0.25) is 0 Å². The van der Waals surface area contributed by atoms with Gasteiger partial charge in [-0.2, -0.15) is 0 Å².